The van der Waals surface area contributed by atoms with E-state index in [0.717, 1.165) is 11.3 Å². The number of fused-ring (bicyclic) bond motifs is 1. The van der Waals surface area contributed by atoms with Crippen LogP contribution < -0.4 is 4.74 Å². The highest BCUT2D eigenvalue weighted by Crippen LogP contribution is 2.25. The largest absolute Gasteiger partial charge is 0.496 e. The topological polar surface area (TPSA) is 106 Å². The molecule has 9 nitrogen and oxygen atoms in total. The first-order valence-electron chi connectivity index (χ1n) is 9.62. The van der Waals surface area contributed by atoms with Crippen LogP contribution in [0.15, 0.2) is 52.0 Å². The van der Waals surface area contributed by atoms with Gasteiger partial charge in [0.25, 0.3) is 0 Å². The van der Waals surface area contributed by atoms with Gasteiger partial charge in [-0.25, -0.2) is 13.0 Å². The Hall–Kier alpha value is -2.98. The van der Waals surface area contributed by atoms with Crippen LogP contribution in [-0.4, -0.2) is 67.1 Å². The number of para-hydroxylation sites is 1. The second-order valence-electron chi connectivity index (χ2n) is 6.98. The van der Waals surface area contributed by atoms with Crippen LogP contribution in [0, 0.1) is 0 Å². The van der Waals surface area contributed by atoms with Crippen molar-refractivity contribution in [3.63, 3.8) is 0 Å². The highest BCUT2D eigenvalue weighted by Gasteiger charge is 2.32. The lowest BCUT2D eigenvalue weighted by Gasteiger charge is -2.34. The van der Waals surface area contributed by atoms with Gasteiger partial charge in [-0.15, -0.1) is 0 Å². The standard InChI is InChI=1S/C20H22N4O5S/c1-28-17-7-3-2-5-15(17)9-10-19(25)23-11-13-24(14-12-23)30(26,27)18-8-4-6-16-20(18)22-29-21-16/h2-8H,9-14H2,1H3. The fraction of sp³-hybridized carbons (Fsp3) is 0.350. The Kier molecular flexibility index (Phi) is 5.69. The van der Waals surface area contributed by atoms with Crippen molar-refractivity contribution in [2.75, 3.05) is 33.3 Å². The minimum absolute atomic E-state index is 0.000701. The highest BCUT2D eigenvalue weighted by atomic mass is 32.2. The molecule has 1 aromatic heterocycles. The van der Waals surface area contributed by atoms with Crippen molar-refractivity contribution in [3.05, 3.63) is 48.0 Å². The number of benzene rings is 2. The molecule has 0 bridgehead atoms. The number of rotatable bonds is 6. The predicted octanol–water partition coefficient (Wildman–Crippen LogP) is 1.70. The number of sulfonamides is 1. The van der Waals surface area contributed by atoms with Crippen molar-refractivity contribution in [1.29, 1.82) is 0 Å². The average Bonchev–Trinajstić information content (AvgIpc) is 3.26. The summed E-state index contributed by atoms with van der Waals surface area (Å²) in [6.45, 7) is 1.14. The van der Waals surface area contributed by atoms with Crippen molar-refractivity contribution in [3.8, 4) is 5.75 Å². The predicted molar refractivity (Wildman–Crippen MR) is 108 cm³/mol. The van der Waals surface area contributed by atoms with Crippen LogP contribution in [-0.2, 0) is 21.2 Å². The van der Waals surface area contributed by atoms with E-state index in [1.165, 1.54) is 10.4 Å². The lowest BCUT2D eigenvalue weighted by Crippen LogP contribution is -2.50. The van der Waals surface area contributed by atoms with Gasteiger partial charge in [0, 0.05) is 32.6 Å². The molecule has 0 N–H and O–H groups in total. The van der Waals surface area contributed by atoms with Crippen molar-refractivity contribution in [2.45, 2.75) is 17.7 Å². The Morgan fingerprint density at radius 1 is 1.07 bits per heavy atom. The number of carbonyl (C=O) groups is 1. The summed E-state index contributed by atoms with van der Waals surface area (Å²) in [5, 5.41) is 7.42. The SMILES string of the molecule is COc1ccccc1CCC(=O)N1CCN(S(=O)(=O)c2cccc3nonc23)CC1. The van der Waals surface area contributed by atoms with Crippen molar-refractivity contribution < 1.29 is 22.6 Å². The number of ether oxygens (including phenoxy) is 1. The molecular weight excluding hydrogens is 408 g/mol. The van der Waals surface area contributed by atoms with Crippen LogP contribution in [0.2, 0.25) is 0 Å². The number of piperazine rings is 1. The summed E-state index contributed by atoms with van der Waals surface area (Å²) in [5.74, 6) is 0.762. The Morgan fingerprint density at radius 2 is 1.83 bits per heavy atom. The first-order valence-corrected chi connectivity index (χ1v) is 11.1. The van der Waals surface area contributed by atoms with Crippen molar-refractivity contribution in [1.82, 2.24) is 19.5 Å². The molecule has 0 aliphatic carbocycles. The second kappa shape index (κ2) is 8.41. The van der Waals surface area contributed by atoms with E-state index in [0.29, 0.717) is 31.4 Å². The van der Waals surface area contributed by atoms with Gasteiger partial charge in [-0.1, -0.05) is 24.3 Å². The number of nitrogens with zero attached hydrogens (tertiary/aromatic N) is 4. The minimum atomic E-state index is -3.76. The molecule has 3 aromatic rings. The molecule has 2 heterocycles. The number of hydrogen-bond donors (Lipinski definition) is 0. The van der Waals surface area contributed by atoms with Gasteiger partial charge in [0.2, 0.25) is 15.9 Å². The van der Waals surface area contributed by atoms with E-state index in [9.17, 15) is 13.2 Å². The average molecular weight is 430 g/mol. The summed E-state index contributed by atoms with van der Waals surface area (Å²) >= 11 is 0. The smallest absolute Gasteiger partial charge is 0.245 e. The molecule has 30 heavy (non-hydrogen) atoms. The van der Waals surface area contributed by atoms with E-state index in [4.69, 9.17) is 4.74 Å². The third-order valence-corrected chi connectivity index (χ3v) is 7.19. The Labute approximate surface area is 174 Å². The molecule has 2 aromatic carbocycles. The summed E-state index contributed by atoms with van der Waals surface area (Å²) < 4.78 is 37.5. The Bertz CT molecular complexity index is 1150. The quantitative estimate of drug-likeness (QED) is 0.586. The zero-order valence-corrected chi connectivity index (χ0v) is 17.3. The maximum atomic E-state index is 13.1. The van der Waals surface area contributed by atoms with E-state index >= 15 is 0 Å². The molecule has 0 spiro atoms. The first-order chi connectivity index (χ1) is 14.5. The molecule has 4 rings (SSSR count). The number of aryl methyl sites for hydroxylation is 1. The van der Waals surface area contributed by atoms with E-state index in [-0.39, 0.29) is 29.4 Å². The summed E-state index contributed by atoms with van der Waals surface area (Å²) in [5.41, 5.74) is 1.58. The maximum absolute atomic E-state index is 13.1. The fourth-order valence-corrected chi connectivity index (χ4v) is 5.17. The van der Waals surface area contributed by atoms with E-state index in [1.807, 2.05) is 24.3 Å². The lowest BCUT2D eigenvalue weighted by molar-refractivity contribution is -0.132. The van der Waals surface area contributed by atoms with E-state index < -0.39 is 10.0 Å². The van der Waals surface area contributed by atoms with E-state index in [2.05, 4.69) is 14.9 Å². The number of amides is 1. The zero-order chi connectivity index (χ0) is 21.1. The minimum Gasteiger partial charge on any atom is -0.496 e. The summed E-state index contributed by atoms with van der Waals surface area (Å²) in [4.78, 5) is 14.4. The zero-order valence-electron chi connectivity index (χ0n) is 16.5. The molecule has 1 saturated heterocycles. The van der Waals surface area contributed by atoms with Crippen LogP contribution in [0.5, 0.6) is 5.75 Å². The van der Waals surface area contributed by atoms with Gasteiger partial charge in [-0.2, -0.15) is 4.31 Å². The number of carbonyl (C=O) groups excluding carboxylic acids is 1. The molecule has 1 fully saturated rings. The van der Waals surface area contributed by atoms with Gasteiger partial charge < -0.3 is 9.64 Å². The molecule has 158 valence electrons. The molecule has 0 unspecified atom stereocenters. The number of hydrogen-bond acceptors (Lipinski definition) is 7. The first kappa shape index (κ1) is 20.3. The summed E-state index contributed by atoms with van der Waals surface area (Å²) in [7, 11) is -2.15. The molecule has 1 aliphatic heterocycles. The van der Waals surface area contributed by atoms with Gasteiger partial charge in [-0.3, -0.25) is 4.79 Å². The van der Waals surface area contributed by atoms with Gasteiger partial charge in [-0.05, 0) is 40.5 Å². The molecule has 0 saturated carbocycles. The molecule has 0 atom stereocenters. The van der Waals surface area contributed by atoms with Crippen LogP contribution in [0.3, 0.4) is 0 Å². The third-order valence-electron chi connectivity index (χ3n) is 5.26. The molecule has 0 radical (unpaired) electrons. The molecular formula is C20H22N4O5S. The molecule has 1 aliphatic rings. The summed E-state index contributed by atoms with van der Waals surface area (Å²) in [6.07, 6.45) is 0.916. The van der Waals surface area contributed by atoms with Gasteiger partial charge in [0.1, 0.15) is 16.2 Å². The number of aromatic nitrogens is 2. The summed E-state index contributed by atoms with van der Waals surface area (Å²) in [6, 6.07) is 12.4. The molecule has 1 amide bonds. The number of methoxy groups -OCH3 is 1. The van der Waals surface area contributed by atoms with E-state index in [1.54, 1.807) is 24.1 Å². The van der Waals surface area contributed by atoms with Crippen LogP contribution >= 0.6 is 0 Å². The monoisotopic (exact) mass is 430 g/mol. The molecule has 10 heteroatoms. The van der Waals surface area contributed by atoms with Crippen LogP contribution in [0.1, 0.15) is 12.0 Å². The Morgan fingerprint density at radius 3 is 2.60 bits per heavy atom. The van der Waals surface area contributed by atoms with Crippen LogP contribution in [0.4, 0.5) is 0 Å². The van der Waals surface area contributed by atoms with Crippen molar-refractivity contribution >= 4 is 27.0 Å². The van der Waals surface area contributed by atoms with Gasteiger partial charge in [0.15, 0.2) is 5.52 Å². The van der Waals surface area contributed by atoms with Crippen LogP contribution in [0.25, 0.3) is 11.0 Å². The van der Waals surface area contributed by atoms with Gasteiger partial charge >= 0.3 is 0 Å². The highest BCUT2D eigenvalue weighted by molar-refractivity contribution is 7.89. The van der Waals surface area contributed by atoms with Crippen molar-refractivity contribution in [2.24, 2.45) is 0 Å². The normalized spacial score (nSPS) is 15.4. The second-order valence-corrected chi connectivity index (χ2v) is 8.89. The third kappa shape index (κ3) is 3.88. The Balaban J connectivity index is 1.38. The lowest BCUT2D eigenvalue weighted by atomic mass is 10.1. The fourth-order valence-electron chi connectivity index (χ4n) is 3.62. The van der Waals surface area contributed by atoms with Gasteiger partial charge in [0.05, 0.1) is 7.11 Å². The maximum Gasteiger partial charge on any atom is 0.245 e.